The minimum absolute atomic E-state index is 0.252. The monoisotopic (exact) mass is 468 g/mol. The summed E-state index contributed by atoms with van der Waals surface area (Å²) in [6.07, 6.45) is -11.4. The van der Waals surface area contributed by atoms with Crippen LogP contribution in [0.1, 0.15) is 5.76 Å². The van der Waals surface area contributed by atoms with E-state index in [4.69, 9.17) is 29.5 Å². The highest BCUT2D eigenvalue weighted by atomic mass is 16.8. The van der Waals surface area contributed by atoms with Crippen molar-refractivity contribution in [3.05, 3.63) is 28.3 Å². The minimum atomic E-state index is -2.22. The third kappa shape index (κ3) is 5.27. The van der Waals surface area contributed by atoms with Crippen molar-refractivity contribution >= 4 is 0 Å². The first kappa shape index (κ1) is 26.6. The molecule has 32 heavy (non-hydrogen) atoms. The maximum absolute atomic E-state index is 10.5. The molecule has 0 radical (unpaired) electrons. The molecular weight excluding hydrogens is 440 g/mol. The number of rotatable bonds is 5. The zero-order chi connectivity index (χ0) is 24.2. The van der Waals surface area contributed by atoms with Gasteiger partial charge >= 0.3 is 0 Å². The smallest absolute Gasteiger partial charge is 0.226 e. The van der Waals surface area contributed by atoms with Gasteiger partial charge in [0.05, 0.1) is 19.5 Å². The molecule has 3 heterocycles. The predicted molar refractivity (Wildman–Crippen MR) is 100 cm³/mol. The topological polar surface area (TPSA) is 240 Å². The van der Waals surface area contributed by atoms with Crippen LogP contribution in [-0.4, -0.2) is 121 Å². The van der Waals surface area contributed by atoms with Crippen LogP contribution in [0.15, 0.2) is 21.5 Å². The van der Waals surface area contributed by atoms with Gasteiger partial charge < -0.3 is 64.6 Å². The summed E-state index contributed by atoms with van der Waals surface area (Å²) < 4.78 is 20.1. The molecule has 2 aliphatic rings. The average Bonchev–Trinajstić information content (AvgIpc) is 3.03. The maximum Gasteiger partial charge on any atom is 0.226 e. The molecule has 3 rings (SSSR count). The van der Waals surface area contributed by atoms with E-state index in [1.807, 2.05) is 0 Å². The first-order chi connectivity index (χ1) is 15.0. The van der Waals surface area contributed by atoms with E-state index in [-0.39, 0.29) is 11.5 Å². The van der Waals surface area contributed by atoms with Gasteiger partial charge in [0.25, 0.3) is 0 Å². The van der Waals surface area contributed by atoms with Crippen LogP contribution in [0.4, 0.5) is 0 Å². The lowest BCUT2D eigenvalue weighted by molar-refractivity contribution is -0.383. The van der Waals surface area contributed by atoms with Crippen molar-refractivity contribution in [3.8, 4) is 5.75 Å². The van der Waals surface area contributed by atoms with Crippen molar-refractivity contribution in [2.45, 2.75) is 61.7 Å². The van der Waals surface area contributed by atoms with Crippen molar-refractivity contribution < 1.29 is 64.6 Å². The summed E-state index contributed by atoms with van der Waals surface area (Å²) >= 11 is 0. The molecule has 184 valence electrons. The molecule has 0 saturated carbocycles. The summed E-state index contributed by atoms with van der Waals surface area (Å²) in [7, 11) is 0. The Morgan fingerprint density at radius 3 is 2.06 bits per heavy atom. The lowest BCUT2D eigenvalue weighted by atomic mass is 9.99. The molecule has 0 aliphatic carbocycles. The molecule has 2 aliphatic heterocycles. The number of hydrogen-bond donors (Lipinski definition) is 9. The van der Waals surface area contributed by atoms with Crippen molar-refractivity contribution in [2.75, 3.05) is 19.8 Å². The average molecular weight is 468 g/mol. The lowest BCUT2D eigenvalue weighted by Gasteiger charge is -2.43. The van der Waals surface area contributed by atoms with Crippen LogP contribution in [-0.2, 0) is 14.2 Å². The van der Waals surface area contributed by atoms with Crippen LogP contribution in [0.25, 0.3) is 0 Å². The number of hydrogen-bond acceptors (Lipinski definition) is 14. The van der Waals surface area contributed by atoms with Gasteiger partial charge in [-0.2, -0.15) is 0 Å². The van der Waals surface area contributed by atoms with Crippen LogP contribution in [0.5, 0.6) is 5.75 Å². The number of aryl methyl sites for hydroxylation is 1. The summed E-state index contributed by atoms with van der Waals surface area (Å²) in [5.41, 5.74) is -0.404. The van der Waals surface area contributed by atoms with Gasteiger partial charge in [0.1, 0.15) is 55.1 Å². The van der Waals surface area contributed by atoms with Crippen molar-refractivity contribution in [1.29, 1.82) is 0 Å². The van der Waals surface area contributed by atoms with Crippen LogP contribution in [0.3, 0.4) is 0 Å². The largest absolute Gasteiger partial charge is 0.502 e. The summed E-state index contributed by atoms with van der Waals surface area (Å²) in [5.74, 6) is -2.28. The van der Waals surface area contributed by atoms with E-state index in [1.54, 1.807) is 0 Å². The van der Waals surface area contributed by atoms with Gasteiger partial charge in [-0.1, -0.05) is 0 Å². The molecule has 0 amide bonds. The van der Waals surface area contributed by atoms with Gasteiger partial charge in [-0.15, -0.1) is 0 Å². The molecule has 2 fully saturated rings. The Labute approximate surface area is 181 Å². The van der Waals surface area contributed by atoms with Gasteiger partial charge in [0.15, 0.2) is 6.29 Å². The zero-order valence-electron chi connectivity index (χ0n) is 17.0. The van der Waals surface area contributed by atoms with Crippen LogP contribution in [0, 0.1) is 6.92 Å². The number of ether oxygens (including phenoxy) is 3. The van der Waals surface area contributed by atoms with Gasteiger partial charge in [-0.3, -0.25) is 4.79 Å². The molecule has 9 atom stereocenters. The third-order valence-corrected chi connectivity index (χ3v) is 5.10. The summed E-state index contributed by atoms with van der Waals surface area (Å²) in [6, 6.07) is 1.17. The van der Waals surface area contributed by atoms with E-state index >= 15 is 0 Å². The highest BCUT2D eigenvalue weighted by Crippen LogP contribution is 2.35. The fourth-order valence-electron chi connectivity index (χ4n) is 3.14. The Bertz CT molecular complexity index is 783. The Balaban J connectivity index is 0.000000336. The molecule has 0 aromatic carbocycles. The van der Waals surface area contributed by atoms with Crippen LogP contribution >= 0.6 is 0 Å². The molecule has 0 spiro atoms. The fraction of sp³-hybridized carbons (Fsp3) is 0.722. The van der Waals surface area contributed by atoms with Crippen molar-refractivity contribution in [2.24, 2.45) is 0 Å². The summed E-state index contributed by atoms with van der Waals surface area (Å²) in [5, 5.41) is 85.5. The Hall–Kier alpha value is -1.69. The molecule has 1 aromatic rings. The van der Waals surface area contributed by atoms with E-state index in [9.17, 15) is 35.4 Å². The minimum Gasteiger partial charge on any atom is -0.502 e. The second-order valence-corrected chi connectivity index (χ2v) is 7.25. The molecule has 2 saturated heterocycles. The Kier molecular flexibility index (Phi) is 9.09. The molecule has 1 aromatic heterocycles. The quantitative estimate of drug-likeness (QED) is 0.197. The van der Waals surface area contributed by atoms with Crippen molar-refractivity contribution in [3.63, 3.8) is 0 Å². The number of aromatic hydroxyl groups is 1. The highest BCUT2D eigenvalue weighted by Gasteiger charge is 2.58. The Morgan fingerprint density at radius 1 is 0.969 bits per heavy atom. The van der Waals surface area contributed by atoms with E-state index in [0.717, 1.165) is 0 Å². The maximum atomic E-state index is 10.5. The first-order valence-electron chi connectivity index (χ1n) is 9.54. The van der Waals surface area contributed by atoms with E-state index in [0.29, 0.717) is 0 Å². The molecule has 9 N–H and O–H groups in total. The summed E-state index contributed by atoms with van der Waals surface area (Å²) in [6.45, 7) is -0.798. The Morgan fingerprint density at radius 2 is 1.59 bits per heavy atom. The molecular formula is C18H28O14. The molecule has 14 nitrogen and oxygen atoms in total. The SMILES string of the molecule is Cc1occc(=O)c1O.OC[C@H]1O[C@@](CO)(O[C@H]2O[C@H](CO)[C@@H](O)[C@H](O)[C@H]2O)[C@@H](O)[C@@H]1O. The number of aliphatic hydroxyl groups is 8. The number of aliphatic hydroxyl groups excluding tert-OH is 8. The highest BCUT2D eigenvalue weighted by molar-refractivity contribution is 5.20. The second kappa shape index (κ2) is 11.0. The second-order valence-electron chi connectivity index (χ2n) is 7.25. The first-order valence-corrected chi connectivity index (χ1v) is 9.54. The van der Waals surface area contributed by atoms with Gasteiger partial charge in [0.2, 0.25) is 17.0 Å². The van der Waals surface area contributed by atoms with Crippen LogP contribution < -0.4 is 5.43 Å². The van der Waals surface area contributed by atoms with E-state index < -0.39 is 80.1 Å². The predicted octanol–water partition coefficient (Wildman–Crippen LogP) is -4.74. The molecule has 14 heteroatoms. The third-order valence-electron chi connectivity index (χ3n) is 5.10. The fourth-order valence-corrected chi connectivity index (χ4v) is 3.14. The van der Waals surface area contributed by atoms with E-state index in [2.05, 4.69) is 4.42 Å². The van der Waals surface area contributed by atoms with Gasteiger partial charge in [0, 0.05) is 6.07 Å². The van der Waals surface area contributed by atoms with Gasteiger partial charge in [-0.25, -0.2) is 0 Å². The van der Waals surface area contributed by atoms with E-state index in [1.165, 1.54) is 19.3 Å². The lowest BCUT2D eigenvalue weighted by Crippen LogP contribution is -2.62. The summed E-state index contributed by atoms with van der Waals surface area (Å²) in [4.78, 5) is 10.5. The molecule has 0 bridgehead atoms. The zero-order valence-corrected chi connectivity index (χ0v) is 17.0. The normalized spacial score (nSPS) is 39.4. The standard InChI is InChI=1S/C12H22O11.C6H6O3/c13-1-4-6(16)8(18)9(19)11(21-4)23-12(3-15)10(20)7(17)5(2-14)22-12;1-4-6(8)5(7)2-3-9-4/h4-11,13-20H,1-3H2;2-3,8H,1H3/t4-,5-,6-,7-,8+,9-,10+,11-,12+;/m1./s1. The van der Waals surface area contributed by atoms with Gasteiger partial charge in [-0.05, 0) is 6.92 Å². The van der Waals surface area contributed by atoms with Crippen molar-refractivity contribution in [1.82, 2.24) is 0 Å². The molecule has 0 unspecified atom stereocenters. The van der Waals surface area contributed by atoms with Crippen LogP contribution in [0.2, 0.25) is 0 Å².